The van der Waals surface area contributed by atoms with Crippen molar-refractivity contribution in [2.24, 2.45) is 0 Å². The van der Waals surface area contributed by atoms with E-state index in [1.165, 1.54) is 0 Å². The van der Waals surface area contributed by atoms with Gasteiger partial charge >= 0.3 is 0 Å². The summed E-state index contributed by atoms with van der Waals surface area (Å²) in [6.45, 7) is 1.35. The summed E-state index contributed by atoms with van der Waals surface area (Å²) in [6.07, 6.45) is 1.67. The number of hydrogen-bond acceptors (Lipinski definition) is 3. The van der Waals surface area contributed by atoms with Gasteiger partial charge in [0.05, 0.1) is 18.5 Å². The highest BCUT2D eigenvalue weighted by Gasteiger charge is 2.19. The zero-order valence-electron chi connectivity index (χ0n) is 7.44. The third-order valence-corrected chi connectivity index (χ3v) is 2.48. The number of hydrogen-bond donors (Lipinski definition) is 0. The Labute approximate surface area is 90.0 Å². The molecule has 0 aromatic carbocycles. The molecule has 0 radical (unpaired) electrons. The van der Waals surface area contributed by atoms with Crippen molar-refractivity contribution >= 4 is 27.5 Å². The van der Waals surface area contributed by atoms with E-state index in [9.17, 15) is 4.79 Å². The summed E-state index contributed by atoms with van der Waals surface area (Å²) < 4.78 is 5.80. The first-order chi connectivity index (χ1) is 6.77. The summed E-state index contributed by atoms with van der Waals surface area (Å²) in [7, 11) is 0. The predicted molar refractivity (Wildman–Crippen MR) is 55.1 cm³/mol. The van der Waals surface area contributed by atoms with Crippen LogP contribution in [0.1, 0.15) is 0 Å². The van der Waals surface area contributed by atoms with Crippen LogP contribution in [0.25, 0.3) is 0 Å². The van der Waals surface area contributed by atoms with E-state index in [2.05, 4.69) is 20.9 Å². The molecule has 0 unspecified atom stereocenters. The molecule has 1 aromatic rings. The Morgan fingerprint density at radius 1 is 1.50 bits per heavy atom. The van der Waals surface area contributed by atoms with E-state index in [1.807, 2.05) is 12.1 Å². The van der Waals surface area contributed by atoms with Gasteiger partial charge in [-0.3, -0.25) is 4.79 Å². The molecule has 1 fully saturated rings. The molecular weight excluding hydrogens is 248 g/mol. The Hall–Kier alpha value is -0.940. The van der Waals surface area contributed by atoms with Gasteiger partial charge in [-0.1, -0.05) is 0 Å². The van der Waals surface area contributed by atoms with E-state index in [0.717, 1.165) is 10.3 Å². The van der Waals surface area contributed by atoms with Crippen LogP contribution in [0.2, 0.25) is 0 Å². The molecule has 1 amide bonds. The van der Waals surface area contributed by atoms with Gasteiger partial charge in [0, 0.05) is 6.54 Å². The van der Waals surface area contributed by atoms with E-state index in [-0.39, 0.29) is 12.5 Å². The molecule has 1 aliphatic rings. The number of rotatable bonds is 1. The van der Waals surface area contributed by atoms with Gasteiger partial charge in [0.25, 0.3) is 5.91 Å². The zero-order valence-corrected chi connectivity index (χ0v) is 9.03. The summed E-state index contributed by atoms with van der Waals surface area (Å²) in [5.41, 5.74) is 0.821. The highest BCUT2D eigenvalue weighted by atomic mass is 79.9. The number of nitrogens with zero attached hydrogens (tertiary/aromatic N) is 2. The largest absolute Gasteiger partial charge is 0.370 e. The molecule has 74 valence electrons. The molecule has 0 bridgehead atoms. The van der Waals surface area contributed by atoms with Crippen LogP contribution >= 0.6 is 15.9 Å². The minimum Gasteiger partial charge on any atom is -0.370 e. The Morgan fingerprint density at radius 2 is 2.36 bits per heavy atom. The minimum atomic E-state index is -0.0135. The smallest absolute Gasteiger partial charge is 0.253 e. The lowest BCUT2D eigenvalue weighted by Crippen LogP contribution is -2.41. The molecule has 0 N–H and O–H groups in total. The first kappa shape index (κ1) is 9.61. The van der Waals surface area contributed by atoms with Crippen LogP contribution in [-0.4, -0.2) is 30.6 Å². The van der Waals surface area contributed by atoms with Crippen LogP contribution in [0.4, 0.5) is 5.69 Å². The second kappa shape index (κ2) is 4.06. The van der Waals surface area contributed by atoms with E-state index in [0.29, 0.717) is 13.2 Å². The van der Waals surface area contributed by atoms with Crippen LogP contribution in [0.5, 0.6) is 0 Å². The van der Waals surface area contributed by atoms with Crippen LogP contribution in [0.3, 0.4) is 0 Å². The monoisotopic (exact) mass is 256 g/mol. The van der Waals surface area contributed by atoms with Crippen molar-refractivity contribution in [3.8, 4) is 0 Å². The molecule has 4 nitrogen and oxygen atoms in total. The molecule has 14 heavy (non-hydrogen) atoms. The lowest BCUT2D eigenvalue weighted by Gasteiger charge is -2.26. The first-order valence-electron chi connectivity index (χ1n) is 4.27. The van der Waals surface area contributed by atoms with Crippen molar-refractivity contribution in [3.63, 3.8) is 0 Å². The number of pyridine rings is 1. The number of carbonyl (C=O) groups excluding carboxylic acids is 1. The maximum absolute atomic E-state index is 11.4. The molecule has 0 aliphatic carbocycles. The van der Waals surface area contributed by atoms with Crippen molar-refractivity contribution in [1.82, 2.24) is 4.98 Å². The van der Waals surface area contributed by atoms with Crippen LogP contribution in [-0.2, 0) is 9.53 Å². The third kappa shape index (κ3) is 1.93. The fourth-order valence-electron chi connectivity index (χ4n) is 1.32. The summed E-state index contributed by atoms with van der Waals surface area (Å²) in [6, 6.07) is 3.68. The Kier molecular flexibility index (Phi) is 2.79. The SMILES string of the molecule is O=C1COCCN1c1ccc(Br)nc1. The Bertz CT molecular complexity index is 339. The average Bonchev–Trinajstić information content (AvgIpc) is 2.20. The number of aromatic nitrogens is 1. The number of amides is 1. The van der Waals surface area contributed by atoms with Gasteiger partial charge in [0.15, 0.2) is 0 Å². The number of morpholine rings is 1. The maximum atomic E-state index is 11.4. The standard InChI is InChI=1S/C9H9BrN2O2/c10-8-2-1-7(5-11-8)12-3-4-14-6-9(12)13/h1-2,5H,3-4,6H2. The first-order valence-corrected chi connectivity index (χ1v) is 5.06. The summed E-state index contributed by atoms with van der Waals surface area (Å²) >= 11 is 3.25. The van der Waals surface area contributed by atoms with E-state index < -0.39 is 0 Å². The van der Waals surface area contributed by atoms with Crippen molar-refractivity contribution < 1.29 is 9.53 Å². The van der Waals surface area contributed by atoms with Crippen LogP contribution < -0.4 is 4.90 Å². The van der Waals surface area contributed by atoms with Crippen molar-refractivity contribution in [1.29, 1.82) is 0 Å². The van der Waals surface area contributed by atoms with Crippen LogP contribution in [0.15, 0.2) is 22.9 Å². The molecule has 1 saturated heterocycles. The third-order valence-electron chi connectivity index (χ3n) is 2.01. The van der Waals surface area contributed by atoms with Crippen molar-refractivity contribution in [2.75, 3.05) is 24.7 Å². The molecular formula is C9H9BrN2O2. The normalized spacial score (nSPS) is 17.2. The van der Waals surface area contributed by atoms with Gasteiger partial charge in [0.2, 0.25) is 0 Å². The lowest BCUT2D eigenvalue weighted by atomic mass is 10.3. The number of carbonyl (C=O) groups is 1. The second-order valence-electron chi connectivity index (χ2n) is 2.94. The average molecular weight is 257 g/mol. The topological polar surface area (TPSA) is 42.4 Å². The molecule has 1 aromatic heterocycles. The number of ether oxygens (including phenoxy) is 1. The van der Waals surface area contributed by atoms with Gasteiger partial charge in [-0.15, -0.1) is 0 Å². The highest BCUT2D eigenvalue weighted by molar-refractivity contribution is 9.10. The molecule has 5 heteroatoms. The molecule has 0 atom stereocenters. The summed E-state index contributed by atoms with van der Waals surface area (Å²) in [4.78, 5) is 17.2. The van der Waals surface area contributed by atoms with Crippen molar-refractivity contribution in [3.05, 3.63) is 22.9 Å². The van der Waals surface area contributed by atoms with E-state index >= 15 is 0 Å². The quantitative estimate of drug-likeness (QED) is 0.710. The van der Waals surface area contributed by atoms with Gasteiger partial charge in [0.1, 0.15) is 11.2 Å². The van der Waals surface area contributed by atoms with Gasteiger partial charge in [-0.05, 0) is 28.1 Å². The molecule has 0 saturated carbocycles. The van der Waals surface area contributed by atoms with Crippen molar-refractivity contribution in [2.45, 2.75) is 0 Å². The van der Waals surface area contributed by atoms with Gasteiger partial charge in [-0.2, -0.15) is 0 Å². The number of halogens is 1. The molecule has 2 heterocycles. The number of anilines is 1. The Balaban J connectivity index is 2.20. The fourth-order valence-corrected chi connectivity index (χ4v) is 1.55. The van der Waals surface area contributed by atoms with E-state index in [4.69, 9.17) is 4.74 Å². The van der Waals surface area contributed by atoms with E-state index in [1.54, 1.807) is 11.1 Å². The minimum absolute atomic E-state index is 0.0135. The zero-order chi connectivity index (χ0) is 9.97. The van der Waals surface area contributed by atoms with Gasteiger partial charge in [-0.25, -0.2) is 4.98 Å². The lowest BCUT2D eigenvalue weighted by molar-refractivity contribution is -0.125. The van der Waals surface area contributed by atoms with Gasteiger partial charge < -0.3 is 9.64 Å². The predicted octanol–water partition coefficient (Wildman–Crippen LogP) is 1.21. The second-order valence-corrected chi connectivity index (χ2v) is 3.75. The van der Waals surface area contributed by atoms with Crippen LogP contribution in [0, 0.1) is 0 Å². The molecule has 1 aliphatic heterocycles. The summed E-state index contributed by atoms with van der Waals surface area (Å²) in [5.74, 6) is -0.0135. The summed E-state index contributed by atoms with van der Waals surface area (Å²) in [5, 5.41) is 0. The molecule has 2 rings (SSSR count). The Morgan fingerprint density at radius 3 is 3.00 bits per heavy atom. The highest BCUT2D eigenvalue weighted by Crippen LogP contribution is 2.17. The fraction of sp³-hybridized carbons (Fsp3) is 0.333. The maximum Gasteiger partial charge on any atom is 0.253 e. The molecule has 0 spiro atoms.